The largest absolute Gasteiger partial charge is 0.497 e. The van der Waals surface area contributed by atoms with E-state index in [4.69, 9.17) is 25.9 Å². The number of halogens is 1. The van der Waals surface area contributed by atoms with Crippen LogP contribution in [0.25, 0.3) is 0 Å². The summed E-state index contributed by atoms with van der Waals surface area (Å²) in [7, 11) is 1.61. The fraction of sp³-hybridized carbons (Fsp3) is 0.318. The lowest BCUT2D eigenvalue weighted by molar-refractivity contribution is -0.125. The summed E-state index contributed by atoms with van der Waals surface area (Å²) in [4.78, 5) is 33.4. The van der Waals surface area contributed by atoms with Crippen LogP contribution in [0.2, 0.25) is 5.02 Å². The highest BCUT2D eigenvalue weighted by Crippen LogP contribution is 2.55. The molecule has 4 aliphatic heterocycles. The smallest absolute Gasteiger partial charge is 0.240 e. The Labute approximate surface area is 177 Å². The molecule has 0 unspecified atom stereocenters. The fourth-order valence-corrected chi connectivity index (χ4v) is 5.33. The molecule has 4 aliphatic rings. The molecule has 7 nitrogen and oxygen atoms in total. The lowest BCUT2D eigenvalue weighted by Gasteiger charge is -2.26. The van der Waals surface area contributed by atoms with Crippen LogP contribution in [-0.4, -0.2) is 42.9 Å². The van der Waals surface area contributed by atoms with Crippen LogP contribution in [0.3, 0.4) is 0 Å². The first-order chi connectivity index (χ1) is 14.6. The van der Waals surface area contributed by atoms with Gasteiger partial charge in [0.1, 0.15) is 11.9 Å². The highest BCUT2D eigenvalue weighted by atomic mass is 35.5. The number of methoxy groups -OCH3 is 1. The van der Waals surface area contributed by atoms with Crippen LogP contribution >= 0.6 is 11.6 Å². The first kappa shape index (κ1) is 17.9. The normalized spacial score (nSPS) is 33.4. The van der Waals surface area contributed by atoms with Crippen molar-refractivity contribution in [2.75, 3.05) is 12.0 Å². The van der Waals surface area contributed by atoms with Crippen molar-refractivity contribution >= 4 is 34.8 Å². The molecular formula is C22H17ClN2O5. The van der Waals surface area contributed by atoms with Gasteiger partial charge in [0.05, 0.1) is 42.4 Å². The van der Waals surface area contributed by atoms with Crippen molar-refractivity contribution in [2.24, 2.45) is 22.9 Å². The quantitative estimate of drug-likeness (QED) is 0.708. The second-order valence-electron chi connectivity index (χ2n) is 7.91. The number of amides is 2. The maximum absolute atomic E-state index is 13.3. The minimum atomic E-state index is -0.551. The van der Waals surface area contributed by atoms with E-state index in [2.05, 4.69) is 5.16 Å². The molecule has 8 heteroatoms. The maximum atomic E-state index is 13.3. The Morgan fingerprint density at radius 3 is 2.23 bits per heavy atom. The van der Waals surface area contributed by atoms with E-state index in [1.807, 2.05) is 24.3 Å². The average Bonchev–Trinajstić information content (AvgIpc) is 3.49. The molecule has 30 heavy (non-hydrogen) atoms. The van der Waals surface area contributed by atoms with Crippen molar-refractivity contribution in [1.29, 1.82) is 0 Å². The number of nitrogens with zero attached hydrogens (tertiary/aromatic N) is 2. The van der Waals surface area contributed by atoms with Gasteiger partial charge in [-0.3, -0.25) is 9.59 Å². The van der Waals surface area contributed by atoms with Crippen molar-refractivity contribution in [1.82, 2.24) is 0 Å². The van der Waals surface area contributed by atoms with Crippen LogP contribution < -0.4 is 9.64 Å². The van der Waals surface area contributed by atoms with Gasteiger partial charge in [0.2, 0.25) is 11.8 Å². The average molecular weight is 425 g/mol. The highest BCUT2D eigenvalue weighted by Gasteiger charge is 2.72. The van der Waals surface area contributed by atoms with Crippen LogP contribution in [0.4, 0.5) is 5.69 Å². The Morgan fingerprint density at radius 1 is 0.900 bits per heavy atom. The predicted octanol–water partition coefficient (Wildman–Crippen LogP) is 2.65. The number of oxime groups is 1. The minimum Gasteiger partial charge on any atom is -0.497 e. The third-order valence-corrected chi connectivity index (χ3v) is 6.76. The summed E-state index contributed by atoms with van der Waals surface area (Å²) in [5, 5.41) is 4.84. The summed E-state index contributed by atoms with van der Waals surface area (Å²) in [6.07, 6.45) is -1.30. The Morgan fingerprint density at radius 2 is 1.57 bits per heavy atom. The number of rotatable bonds is 3. The number of benzene rings is 2. The van der Waals surface area contributed by atoms with E-state index in [-0.39, 0.29) is 23.8 Å². The number of hydrogen-bond acceptors (Lipinski definition) is 6. The molecule has 0 N–H and O–H groups in total. The van der Waals surface area contributed by atoms with Crippen LogP contribution in [0.15, 0.2) is 53.7 Å². The van der Waals surface area contributed by atoms with Crippen LogP contribution in [0.1, 0.15) is 5.56 Å². The van der Waals surface area contributed by atoms with Gasteiger partial charge in [-0.1, -0.05) is 16.8 Å². The lowest BCUT2D eigenvalue weighted by atomic mass is 9.71. The Hall–Kier alpha value is -2.90. The van der Waals surface area contributed by atoms with Crippen molar-refractivity contribution in [3.63, 3.8) is 0 Å². The zero-order chi connectivity index (χ0) is 20.6. The summed E-state index contributed by atoms with van der Waals surface area (Å²) in [6.45, 7) is 0. The molecule has 4 heterocycles. The number of imide groups is 1. The second-order valence-corrected chi connectivity index (χ2v) is 8.34. The van der Waals surface area contributed by atoms with E-state index in [0.29, 0.717) is 10.7 Å². The number of anilines is 1. The summed E-state index contributed by atoms with van der Waals surface area (Å²) in [5.41, 5.74) is 2.17. The van der Waals surface area contributed by atoms with Gasteiger partial charge in [-0.15, -0.1) is 0 Å². The molecule has 0 radical (unpaired) electrons. The number of fused-ring (bicyclic) bond motifs is 8. The molecule has 0 saturated carbocycles. The number of hydrogen-bond donors (Lipinski definition) is 0. The van der Waals surface area contributed by atoms with Crippen molar-refractivity contribution < 1.29 is 23.9 Å². The minimum absolute atomic E-state index is 0.188. The van der Waals surface area contributed by atoms with Crippen LogP contribution in [-0.2, 0) is 19.2 Å². The molecule has 2 aromatic carbocycles. The number of ether oxygens (including phenoxy) is 2. The lowest BCUT2D eigenvalue weighted by Crippen LogP contribution is -2.45. The molecule has 0 spiro atoms. The summed E-state index contributed by atoms with van der Waals surface area (Å²) < 4.78 is 11.3. The first-order valence-corrected chi connectivity index (χ1v) is 10.1. The molecular weight excluding hydrogens is 408 g/mol. The van der Waals surface area contributed by atoms with E-state index in [0.717, 1.165) is 17.0 Å². The molecule has 0 aromatic heterocycles. The molecule has 2 bridgehead atoms. The van der Waals surface area contributed by atoms with E-state index < -0.39 is 24.0 Å². The van der Waals surface area contributed by atoms with Gasteiger partial charge < -0.3 is 14.3 Å². The Balaban J connectivity index is 1.33. The number of carbonyl (C=O) groups is 2. The fourth-order valence-electron chi connectivity index (χ4n) is 5.20. The zero-order valence-corrected chi connectivity index (χ0v) is 16.7. The molecule has 2 aromatic rings. The summed E-state index contributed by atoms with van der Waals surface area (Å²) >= 11 is 5.96. The van der Waals surface area contributed by atoms with Gasteiger partial charge in [-0.2, -0.15) is 0 Å². The van der Waals surface area contributed by atoms with E-state index in [1.54, 1.807) is 31.4 Å². The summed E-state index contributed by atoms with van der Waals surface area (Å²) in [5.74, 6) is -1.02. The zero-order valence-electron chi connectivity index (χ0n) is 15.9. The van der Waals surface area contributed by atoms with Crippen molar-refractivity contribution in [2.45, 2.75) is 18.3 Å². The Bertz CT molecular complexity index is 1080. The van der Waals surface area contributed by atoms with Gasteiger partial charge in [-0.25, -0.2) is 4.90 Å². The monoisotopic (exact) mass is 424 g/mol. The van der Waals surface area contributed by atoms with Crippen molar-refractivity contribution in [3.05, 3.63) is 59.1 Å². The molecule has 6 rings (SSSR count). The van der Waals surface area contributed by atoms with E-state index >= 15 is 0 Å². The third kappa shape index (κ3) is 2.27. The summed E-state index contributed by atoms with van der Waals surface area (Å²) in [6, 6.07) is 14.2. The highest BCUT2D eigenvalue weighted by molar-refractivity contribution is 6.31. The molecule has 2 amide bonds. The molecule has 0 aliphatic carbocycles. The molecule has 3 saturated heterocycles. The first-order valence-electron chi connectivity index (χ1n) is 9.75. The predicted molar refractivity (Wildman–Crippen MR) is 107 cm³/mol. The van der Waals surface area contributed by atoms with E-state index in [9.17, 15) is 9.59 Å². The van der Waals surface area contributed by atoms with Gasteiger partial charge in [0.25, 0.3) is 0 Å². The second kappa shape index (κ2) is 6.30. The van der Waals surface area contributed by atoms with Gasteiger partial charge in [0, 0.05) is 10.6 Å². The van der Waals surface area contributed by atoms with E-state index in [1.165, 1.54) is 4.90 Å². The Kier molecular flexibility index (Phi) is 3.76. The molecule has 6 atom stereocenters. The topological polar surface area (TPSA) is 77.4 Å². The number of carbonyl (C=O) groups excluding carboxylic acids is 2. The maximum Gasteiger partial charge on any atom is 0.240 e. The molecule has 3 fully saturated rings. The van der Waals surface area contributed by atoms with Gasteiger partial charge in [0.15, 0.2) is 6.10 Å². The van der Waals surface area contributed by atoms with Crippen LogP contribution in [0, 0.1) is 17.8 Å². The van der Waals surface area contributed by atoms with Crippen molar-refractivity contribution in [3.8, 4) is 5.75 Å². The standard InChI is InChI=1S/C22H17ClN2O5/c1-28-13-8-2-10(3-9-13)17-16-18-14-15(19(29-18)20(16)30-24-17)22(27)25(21(14)26)12-6-4-11(23)5-7-12/h2-9,14-16,18-20H,1H3/t14-,15+,16-,18-,19+,20-/m0/s1. The van der Waals surface area contributed by atoms with Gasteiger partial charge >= 0.3 is 0 Å². The molecule has 152 valence electrons. The third-order valence-electron chi connectivity index (χ3n) is 6.51. The SMILES string of the molecule is COc1ccc(C2=NO[C@@H]3[C@@H]4O[C@H]([C@H]23)[C@H]2C(=O)N(c3ccc(Cl)cc3)C(=O)[C@@H]42)cc1. The van der Waals surface area contributed by atoms with Gasteiger partial charge in [-0.05, 0) is 48.5 Å². The van der Waals surface area contributed by atoms with Crippen LogP contribution in [0.5, 0.6) is 5.75 Å².